The van der Waals surface area contributed by atoms with Crippen LogP contribution in [-0.2, 0) is 4.79 Å². The smallest absolute Gasteiger partial charge is 0.270 e. The fraction of sp³-hybridized carbons (Fsp3) is 0.357. The molecule has 1 aromatic rings. The zero-order chi connectivity index (χ0) is 16.3. The maximum atomic E-state index is 12.2. The first-order valence-corrected chi connectivity index (χ1v) is 6.57. The Morgan fingerprint density at radius 3 is 2.91 bits per heavy atom. The summed E-state index contributed by atoms with van der Waals surface area (Å²) >= 11 is 0. The Labute approximate surface area is 126 Å². The monoisotopic (exact) mass is 302 g/mol. The number of benzene rings is 1. The number of carbonyl (C=O) groups excluding carboxylic acids is 1. The number of aliphatic imine (C=N–C) groups is 1. The first-order valence-electron chi connectivity index (χ1n) is 6.57. The highest BCUT2D eigenvalue weighted by molar-refractivity contribution is 6.46. The van der Waals surface area contributed by atoms with Gasteiger partial charge < -0.3 is 10.1 Å². The molecule has 1 heterocycles. The van der Waals surface area contributed by atoms with E-state index in [-0.39, 0.29) is 29.9 Å². The largest absolute Gasteiger partial charge is 0.466 e. The lowest BCUT2D eigenvalue weighted by molar-refractivity contribution is -0.384. The number of rotatable bonds is 4. The van der Waals surface area contributed by atoms with Gasteiger partial charge in [-0.25, -0.2) is 4.99 Å². The lowest BCUT2D eigenvalue weighted by atomic mass is 10.0. The minimum Gasteiger partial charge on any atom is -0.466 e. The van der Waals surface area contributed by atoms with E-state index >= 15 is 0 Å². The van der Waals surface area contributed by atoms with Gasteiger partial charge in [-0.3, -0.25) is 14.9 Å². The van der Waals surface area contributed by atoms with Crippen molar-refractivity contribution < 1.29 is 14.5 Å². The van der Waals surface area contributed by atoms with Crippen LogP contribution in [-0.4, -0.2) is 28.8 Å². The average molecular weight is 302 g/mol. The normalized spacial score (nSPS) is 14.9. The van der Waals surface area contributed by atoms with Gasteiger partial charge in [-0.05, 0) is 19.9 Å². The van der Waals surface area contributed by atoms with E-state index in [4.69, 9.17) is 10.00 Å². The third-order valence-corrected chi connectivity index (χ3v) is 2.91. The Bertz CT molecular complexity index is 703. The summed E-state index contributed by atoms with van der Waals surface area (Å²) in [6, 6.07) is 5.94. The predicted octanol–water partition coefficient (Wildman–Crippen LogP) is 1.54. The number of hydrogen-bond donors (Lipinski definition) is 1. The van der Waals surface area contributed by atoms with Gasteiger partial charge in [-0.15, -0.1) is 0 Å². The highest BCUT2D eigenvalue weighted by atomic mass is 16.6. The van der Waals surface area contributed by atoms with Crippen molar-refractivity contribution in [2.45, 2.75) is 26.0 Å². The van der Waals surface area contributed by atoms with Crippen molar-refractivity contribution in [2.24, 2.45) is 4.99 Å². The highest BCUT2D eigenvalue weighted by Gasteiger charge is 2.32. The maximum absolute atomic E-state index is 12.2. The van der Waals surface area contributed by atoms with Crippen LogP contribution >= 0.6 is 0 Å². The van der Waals surface area contributed by atoms with Gasteiger partial charge in [0.05, 0.1) is 23.0 Å². The van der Waals surface area contributed by atoms with Crippen LogP contribution in [0.25, 0.3) is 0 Å². The van der Waals surface area contributed by atoms with Crippen molar-refractivity contribution in [1.82, 2.24) is 5.32 Å². The van der Waals surface area contributed by atoms with E-state index in [1.54, 1.807) is 13.8 Å². The number of hydrogen-bond acceptors (Lipinski definition) is 6. The van der Waals surface area contributed by atoms with Crippen LogP contribution in [0.1, 0.15) is 25.8 Å². The molecule has 0 saturated heterocycles. The fourth-order valence-electron chi connectivity index (χ4n) is 2.02. The predicted molar refractivity (Wildman–Crippen MR) is 77.6 cm³/mol. The standard InChI is InChI=1S/C14H14N4O4/c1-14(2)17-12(13(19)16-7-3-6-15)10-8-9(18(20)21)4-5-11(10)22-14/h4-5,8H,3,7H2,1-2H3,(H,16,19). The van der Waals surface area contributed by atoms with Crippen LogP contribution in [0, 0.1) is 21.4 Å². The molecule has 1 aliphatic rings. The quantitative estimate of drug-likeness (QED) is 0.514. The zero-order valence-corrected chi connectivity index (χ0v) is 12.1. The molecule has 0 aromatic heterocycles. The number of nitrogens with one attached hydrogen (secondary N) is 1. The summed E-state index contributed by atoms with van der Waals surface area (Å²) in [4.78, 5) is 26.8. The molecule has 1 N–H and O–H groups in total. The van der Waals surface area contributed by atoms with Gasteiger partial charge in [0.1, 0.15) is 11.5 Å². The van der Waals surface area contributed by atoms with E-state index < -0.39 is 16.6 Å². The summed E-state index contributed by atoms with van der Waals surface area (Å²) in [5.74, 6) is -0.135. The van der Waals surface area contributed by atoms with Gasteiger partial charge in [0.15, 0.2) is 5.72 Å². The van der Waals surface area contributed by atoms with Gasteiger partial charge in [-0.2, -0.15) is 5.26 Å². The second kappa shape index (κ2) is 5.81. The minimum atomic E-state index is -0.953. The number of amides is 1. The molecule has 0 fully saturated rings. The number of non-ortho nitro benzene ring substituents is 1. The van der Waals surface area contributed by atoms with E-state index in [9.17, 15) is 14.9 Å². The summed E-state index contributed by atoms with van der Waals surface area (Å²) in [5, 5.41) is 22.0. The van der Waals surface area contributed by atoms with Crippen molar-refractivity contribution in [3.05, 3.63) is 33.9 Å². The molecule has 0 atom stereocenters. The Morgan fingerprint density at radius 2 is 2.27 bits per heavy atom. The Balaban J connectivity index is 2.41. The summed E-state index contributed by atoms with van der Waals surface area (Å²) in [6.07, 6.45) is 0.167. The number of ether oxygens (including phenoxy) is 1. The van der Waals surface area contributed by atoms with Crippen LogP contribution in [0.15, 0.2) is 23.2 Å². The van der Waals surface area contributed by atoms with E-state index in [0.29, 0.717) is 5.75 Å². The lowest BCUT2D eigenvalue weighted by Crippen LogP contribution is -2.39. The van der Waals surface area contributed by atoms with Gasteiger partial charge in [0.25, 0.3) is 11.6 Å². The zero-order valence-electron chi connectivity index (χ0n) is 12.1. The van der Waals surface area contributed by atoms with Crippen LogP contribution in [0.3, 0.4) is 0 Å². The summed E-state index contributed by atoms with van der Waals surface area (Å²) in [6.45, 7) is 3.54. The molecule has 114 valence electrons. The van der Waals surface area contributed by atoms with Crippen LogP contribution in [0.2, 0.25) is 0 Å². The molecule has 0 bridgehead atoms. The van der Waals surface area contributed by atoms with Gasteiger partial charge in [0.2, 0.25) is 0 Å². The molecule has 1 amide bonds. The van der Waals surface area contributed by atoms with E-state index in [1.807, 2.05) is 6.07 Å². The molecule has 2 rings (SSSR count). The van der Waals surface area contributed by atoms with E-state index in [1.165, 1.54) is 18.2 Å². The molecule has 0 aliphatic carbocycles. The van der Waals surface area contributed by atoms with Crippen LogP contribution in [0.5, 0.6) is 5.75 Å². The van der Waals surface area contributed by atoms with Gasteiger partial charge in [-0.1, -0.05) is 0 Å². The molecule has 0 spiro atoms. The molecule has 0 saturated carbocycles. The molecule has 8 heteroatoms. The Hall–Kier alpha value is -2.95. The Morgan fingerprint density at radius 1 is 1.55 bits per heavy atom. The fourth-order valence-corrected chi connectivity index (χ4v) is 2.02. The maximum Gasteiger partial charge on any atom is 0.270 e. The molecule has 1 aliphatic heterocycles. The first-order chi connectivity index (χ1) is 10.3. The molecule has 1 aromatic carbocycles. The van der Waals surface area contributed by atoms with Crippen molar-refractivity contribution in [2.75, 3.05) is 6.54 Å². The molecule has 8 nitrogen and oxygen atoms in total. The third-order valence-electron chi connectivity index (χ3n) is 2.91. The highest BCUT2D eigenvalue weighted by Crippen LogP contribution is 2.32. The second-order valence-corrected chi connectivity index (χ2v) is 5.11. The van der Waals surface area contributed by atoms with Crippen LogP contribution < -0.4 is 10.1 Å². The topological polar surface area (TPSA) is 118 Å². The molecule has 22 heavy (non-hydrogen) atoms. The molecule has 0 radical (unpaired) electrons. The summed E-state index contributed by atoms with van der Waals surface area (Å²) in [5.41, 5.74) is -0.777. The summed E-state index contributed by atoms with van der Waals surface area (Å²) < 4.78 is 5.62. The SMILES string of the molecule is CC1(C)N=C(C(=O)NCCC#N)c2cc([N+](=O)[O-])ccc2O1. The van der Waals surface area contributed by atoms with Crippen molar-refractivity contribution in [3.8, 4) is 11.8 Å². The first kappa shape index (κ1) is 15.4. The van der Waals surface area contributed by atoms with Crippen molar-refractivity contribution in [1.29, 1.82) is 5.26 Å². The van der Waals surface area contributed by atoms with Crippen molar-refractivity contribution in [3.63, 3.8) is 0 Å². The van der Waals surface area contributed by atoms with Crippen LogP contribution in [0.4, 0.5) is 5.69 Å². The number of nitro benzene ring substituents is 1. The van der Waals surface area contributed by atoms with E-state index in [0.717, 1.165) is 0 Å². The number of nitrogens with zero attached hydrogens (tertiary/aromatic N) is 3. The van der Waals surface area contributed by atoms with Gasteiger partial charge in [0, 0.05) is 18.7 Å². The molecule has 0 unspecified atom stereocenters. The molecular formula is C14H14N4O4. The third kappa shape index (κ3) is 3.20. The number of nitro groups is 1. The van der Waals surface area contributed by atoms with Gasteiger partial charge >= 0.3 is 0 Å². The number of carbonyl (C=O) groups is 1. The van der Waals surface area contributed by atoms with Crippen molar-refractivity contribution >= 4 is 17.3 Å². The average Bonchev–Trinajstić information content (AvgIpc) is 2.45. The number of nitriles is 1. The second-order valence-electron chi connectivity index (χ2n) is 5.11. The van der Waals surface area contributed by atoms with E-state index in [2.05, 4.69) is 10.3 Å². The minimum absolute atomic E-state index is 0.0629. The Kier molecular flexibility index (Phi) is 4.08. The summed E-state index contributed by atoms with van der Waals surface area (Å²) in [7, 11) is 0. The molecular weight excluding hydrogens is 288 g/mol. The lowest BCUT2D eigenvalue weighted by Gasteiger charge is -2.29. The number of fused-ring (bicyclic) bond motifs is 1.